The Morgan fingerprint density at radius 3 is 2.24 bits per heavy atom. The van der Waals surface area contributed by atoms with Crippen LogP contribution in [0.3, 0.4) is 0 Å². The molecule has 0 saturated heterocycles. The van der Waals surface area contributed by atoms with Gasteiger partial charge in [0.25, 0.3) is 0 Å². The van der Waals surface area contributed by atoms with Gasteiger partial charge in [-0.2, -0.15) is 0 Å². The highest BCUT2D eigenvalue weighted by Crippen LogP contribution is 2.29. The number of aromatic nitrogens is 4. The molecule has 0 unspecified atom stereocenters. The summed E-state index contributed by atoms with van der Waals surface area (Å²) >= 11 is 0. The molecule has 2 heterocycles. The Hall–Kier alpha value is -3.22. The lowest BCUT2D eigenvalue weighted by atomic mass is 10.1. The first-order valence-electron chi connectivity index (χ1n) is 6.14. The van der Waals surface area contributed by atoms with Gasteiger partial charge < -0.3 is 16.6 Å². The van der Waals surface area contributed by atoms with Crippen molar-refractivity contribution in [2.24, 2.45) is 0 Å². The molecule has 1 aromatic carbocycles. The van der Waals surface area contributed by atoms with Crippen molar-refractivity contribution < 1.29 is 5.11 Å². The van der Waals surface area contributed by atoms with Gasteiger partial charge in [-0.25, -0.2) is 19.9 Å². The van der Waals surface area contributed by atoms with Gasteiger partial charge >= 0.3 is 0 Å². The van der Waals surface area contributed by atoms with Gasteiger partial charge in [-0.15, -0.1) is 0 Å². The topological polar surface area (TPSA) is 124 Å². The van der Waals surface area contributed by atoms with Gasteiger partial charge in [0.2, 0.25) is 11.9 Å². The van der Waals surface area contributed by atoms with Crippen LogP contribution in [-0.4, -0.2) is 25.0 Å². The van der Waals surface area contributed by atoms with E-state index in [1.165, 1.54) is 0 Å². The molecule has 0 spiro atoms. The van der Waals surface area contributed by atoms with Gasteiger partial charge in [0.15, 0.2) is 0 Å². The molecular formula is C14H12N6O. The van der Waals surface area contributed by atoms with Crippen LogP contribution in [0.2, 0.25) is 0 Å². The monoisotopic (exact) mass is 280 g/mol. The Morgan fingerprint density at radius 2 is 1.52 bits per heavy atom. The number of benzene rings is 1. The van der Waals surface area contributed by atoms with Gasteiger partial charge in [0.05, 0.1) is 11.4 Å². The fourth-order valence-electron chi connectivity index (χ4n) is 1.91. The van der Waals surface area contributed by atoms with Crippen molar-refractivity contribution in [3.8, 4) is 28.3 Å². The van der Waals surface area contributed by atoms with Crippen LogP contribution in [0.25, 0.3) is 22.5 Å². The molecule has 0 atom stereocenters. The molecule has 0 amide bonds. The zero-order chi connectivity index (χ0) is 14.8. The van der Waals surface area contributed by atoms with Gasteiger partial charge in [-0.1, -0.05) is 12.1 Å². The quantitative estimate of drug-likeness (QED) is 0.649. The third-order valence-corrected chi connectivity index (χ3v) is 2.89. The van der Waals surface area contributed by atoms with Crippen molar-refractivity contribution in [3.63, 3.8) is 0 Å². The largest absolute Gasteiger partial charge is 0.507 e. The van der Waals surface area contributed by atoms with E-state index in [2.05, 4.69) is 19.9 Å². The number of para-hydroxylation sites is 1. The minimum absolute atomic E-state index is 0.0996. The molecule has 0 radical (unpaired) electrons. The minimum atomic E-state index is 0.0996. The molecule has 0 saturated carbocycles. The molecule has 0 aliphatic heterocycles. The van der Waals surface area contributed by atoms with E-state index in [-0.39, 0.29) is 17.6 Å². The summed E-state index contributed by atoms with van der Waals surface area (Å²) in [5, 5.41) is 9.91. The summed E-state index contributed by atoms with van der Waals surface area (Å²) in [7, 11) is 0. The third-order valence-electron chi connectivity index (χ3n) is 2.89. The highest BCUT2D eigenvalue weighted by atomic mass is 16.3. The lowest BCUT2D eigenvalue weighted by Crippen LogP contribution is -2.00. The Kier molecular flexibility index (Phi) is 3.07. The van der Waals surface area contributed by atoms with E-state index in [4.69, 9.17) is 11.5 Å². The third kappa shape index (κ3) is 2.57. The lowest BCUT2D eigenvalue weighted by Gasteiger charge is -2.07. The summed E-state index contributed by atoms with van der Waals surface area (Å²) in [6, 6.07) is 8.58. The number of aromatic hydroxyl groups is 1. The molecule has 7 nitrogen and oxygen atoms in total. The number of phenolic OH excluding ortho intramolecular Hbond substituents is 1. The first kappa shape index (κ1) is 12.8. The number of rotatable bonds is 2. The van der Waals surface area contributed by atoms with Crippen molar-refractivity contribution in [1.82, 2.24) is 19.9 Å². The van der Waals surface area contributed by atoms with Gasteiger partial charge in [0.1, 0.15) is 5.75 Å². The average Bonchev–Trinajstić information content (AvgIpc) is 2.48. The van der Waals surface area contributed by atoms with Crippen molar-refractivity contribution in [3.05, 3.63) is 42.7 Å². The number of phenols is 1. The molecule has 21 heavy (non-hydrogen) atoms. The summed E-state index contributed by atoms with van der Waals surface area (Å²) in [5.41, 5.74) is 13.5. The number of nitrogens with two attached hydrogens (primary N) is 2. The highest BCUT2D eigenvalue weighted by molar-refractivity contribution is 5.72. The summed E-state index contributed by atoms with van der Waals surface area (Å²) in [6.07, 6.45) is 3.11. The van der Waals surface area contributed by atoms with E-state index >= 15 is 0 Å². The molecule has 0 fully saturated rings. The van der Waals surface area contributed by atoms with Crippen molar-refractivity contribution in [2.45, 2.75) is 0 Å². The van der Waals surface area contributed by atoms with E-state index < -0.39 is 0 Å². The average molecular weight is 280 g/mol. The maximum atomic E-state index is 9.91. The SMILES string of the molecule is Nc1ncc(-c2cc(-c3ccccc3O)nc(N)n2)cn1. The highest BCUT2D eigenvalue weighted by Gasteiger charge is 2.10. The molecule has 5 N–H and O–H groups in total. The maximum Gasteiger partial charge on any atom is 0.221 e. The van der Waals surface area contributed by atoms with Crippen LogP contribution in [0.4, 0.5) is 11.9 Å². The van der Waals surface area contributed by atoms with Gasteiger partial charge in [-0.3, -0.25) is 0 Å². The van der Waals surface area contributed by atoms with Crippen LogP contribution in [0.1, 0.15) is 0 Å². The van der Waals surface area contributed by atoms with E-state index in [9.17, 15) is 5.11 Å². The van der Waals surface area contributed by atoms with Crippen LogP contribution >= 0.6 is 0 Å². The van der Waals surface area contributed by atoms with Crippen LogP contribution in [-0.2, 0) is 0 Å². The first-order chi connectivity index (χ1) is 10.1. The van der Waals surface area contributed by atoms with E-state index in [1.54, 1.807) is 42.7 Å². The maximum absolute atomic E-state index is 9.91. The van der Waals surface area contributed by atoms with Crippen LogP contribution in [0, 0.1) is 0 Å². The minimum Gasteiger partial charge on any atom is -0.507 e. The Balaban J connectivity index is 2.13. The van der Waals surface area contributed by atoms with Crippen molar-refractivity contribution in [2.75, 3.05) is 11.5 Å². The summed E-state index contributed by atoms with van der Waals surface area (Å²) in [4.78, 5) is 16.1. The van der Waals surface area contributed by atoms with Crippen molar-refractivity contribution in [1.29, 1.82) is 0 Å². The number of anilines is 2. The Labute approximate surface area is 120 Å². The first-order valence-corrected chi connectivity index (χ1v) is 6.14. The van der Waals surface area contributed by atoms with Crippen LogP contribution in [0.5, 0.6) is 5.75 Å². The van der Waals surface area contributed by atoms with E-state index in [1.807, 2.05) is 0 Å². The lowest BCUT2D eigenvalue weighted by molar-refractivity contribution is 0.477. The van der Waals surface area contributed by atoms with E-state index in [0.29, 0.717) is 22.5 Å². The molecule has 7 heteroatoms. The molecule has 0 bridgehead atoms. The molecule has 3 aromatic rings. The normalized spacial score (nSPS) is 10.5. The molecule has 104 valence electrons. The summed E-state index contributed by atoms with van der Waals surface area (Å²) in [5.74, 6) is 0.402. The zero-order valence-electron chi connectivity index (χ0n) is 10.9. The van der Waals surface area contributed by atoms with Crippen LogP contribution in [0.15, 0.2) is 42.7 Å². The fourth-order valence-corrected chi connectivity index (χ4v) is 1.91. The summed E-state index contributed by atoms with van der Waals surface area (Å²) < 4.78 is 0. The van der Waals surface area contributed by atoms with Crippen molar-refractivity contribution >= 4 is 11.9 Å². The second kappa shape index (κ2) is 5.04. The second-order valence-electron chi connectivity index (χ2n) is 4.34. The molecule has 0 aliphatic carbocycles. The Morgan fingerprint density at radius 1 is 0.857 bits per heavy atom. The van der Waals surface area contributed by atoms with Gasteiger partial charge in [-0.05, 0) is 18.2 Å². The molecule has 3 rings (SSSR count). The predicted octanol–water partition coefficient (Wildman–Crippen LogP) is 1.47. The molecule has 0 aliphatic rings. The second-order valence-corrected chi connectivity index (χ2v) is 4.34. The molecule has 2 aromatic heterocycles. The number of nitrogen functional groups attached to an aromatic ring is 2. The predicted molar refractivity (Wildman–Crippen MR) is 79.0 cm³/mol. The van der Waals surface area contributed by atoms with E-state index in [0.717, 1.165) is 0 Å². The van der Waals surface area contributed by atoms with Gasteiger partial charge in [0, 0.05) is 23.5 Å². The Bertz CT molecular complexity index is 788. The summed E-state index contributed by atoms with van der Waals surface area (Å²) in [6.45, 7) is 0. The zero-order valence-corrected chi connectivity index (χ0v) is 10.9. The van der Waals surface area contributed by atoms with Crippen LogP contribution < -0.4 is 11.5 Å². The standard InChI is InChI=1S/C14H12N6O/c15-13-17-6-8(7-18-13)10-5-11(20-14(16)19-10)9-3-1-2-4-12(9)21/h1-7,21H,(H2,15,17,18)(H2,16,19,20). The fraction of sp³-hybridized carbons (Fsp3) is 0. The number of nitrogens with zero attached hydrogens (tertiary/aromatic N) is 4. The smallest absolute Gasteiger partial charge is 0.221 e. The number of hydrogen-bond donors (Lipinski definition) is 3. The number of hydrogen-bond acceptors (Lipinski definition) is 7. The molecular weight excluding hydrogens is 268 g/mol.